The summed E-state index contributed by atoms with van der Waals surface area (Å²) >= 11 is 4.76. The quantitative estimate of drug-likeness (QED) is 0.194. The largest absolute Gasteiger partial charge is 0.464 e. The Bertz CT molecular complexity index is 309. The molecule has 0 spiro atoms. The number of nitrogens with zero attached hydrogens (tertiary/aromatic N) is 2. The van der Waals surface area contributed by atoms with Crippen molar-refractivity contribution in [2.24, 2.45) is 5.84 Å². The Labute approximate surface area is 92.1 Å². The van der Waals surface area contributed by atoms with E-state index >= 15 is 0 Å². The van der Waals surface area contributed by atoms with Crippen LogP contribution in [0.5, 0.6) is 0 Å². The lowest BCUT2D eigenvalue weighted by molar-refractivity contribution is -0.158. The molecule has 84 valence electrons. The molecule has 0 radical (unpaired) electrons. The van der Waals surface area contributed by atoms with Crippen molar-refractivity contribution in [2.45, 2.75) is 13.0 Å². The number of ether oxygens (including phenoxy) is 1. The van der Waals surface area contributed by atoms with Crippen LogP contribution < -0.4 is 11.3 Å². The number of likely N-dealkylation sites (N-methyl/N-ethyl adjacent to an activating group) is 1. The molecule has 0 saturated carbocycles. The van der Waals surface area contributed by atoms with Gasteiger partial charge in [-0.2, -0.15) is 0 Å². The molecule has 1 unspecified atom stereocenters. The molecule has 1 aliphatic rings. The highest BCUT2D eigenvalue weighted by Crippen LogP contribution is 2.06. The first-order valence-corrected chi connectivity index (χ1v) is 4.68. The third-order valence-corrected chi connectivity index (χ3v) is 2.15. The van der Waals surface area contributed by atoms with E-state index in [1.54, 1.807) is 6.92 Å². The first kappa shape index (κ1) is 11.8. The summed E-state index contributed by atoms with van der Waals surface area (Å²) in [7, 11) is 1.51. The molecule has 0 aromatic rings. The average Bonchev–Trinajstić information content (AvgIpc) is 2.15. The Kier molecular flexibility index (Phi) is 3.56. The molecule has 1 rings (SSSR count). The molecule has 0 bridgehead atoms. The maximum atomic E-state index is 11.6. The van der Waals surface area contributed by atoms with Gasteiger partial charge in [-0.05, 0) is 19.1 Å². The lowest BCUT2D eigenvalue weighted by Gasteiger charge is -2.35. The number of carbonyl (C=O) groups excluding carboxylic acids is 2. The SMILES string of the molecule is CCOC(=O)C1C(=O)N(N)C(=S)NN1C. The minimum Gasteiger partial charge on any atom is -0.464 e. The molecule has 1 aliphatic heterocycles. The Morgan fingerprint density at radius 1 is 1.73 bits per heavy atom. The first-order chi connectivity index (χ1) is 6.99. The van der Waals surface area contributed by atoms with Gasteiger partial charge >= 0.3 is 5.97 Å². The fourth-order valence-electron chi connectivity index (χ4n) is 1.15. The van der Waals surface area contributed by atoms with Crippen LogP contribution >= 0.6 is 12.2 Å². The molecule has 1 saturated heterocycles. The van der Waals surface area contributed by atoms with E-state index in [9.17, 15) is 9.59 Å². The predicted octanol–water partition coefficient (Wildman–Crippen LogP) is -1.64. The number of nitrogens with one attached hydrogen (secondary N) is 1. The van der Waals surface area contributed by atoms with Crippen LogP contribution in [0.2, 0.25) is 0 Å². The molecule has 15 heavy (non-hydrogen) atoms. The summed E-state index contributed by atoms with van der Waals surface area (Å²) in [6.07, 6.45) is 0. The smallest absolute Gasteiger partial charge is 0.335 e. The van der Waals surface area contributed by atoms with E-state index in [1.165, 1.54) is 12.1 Å². The molecule has 8 heteroatoms. The second-order valence-electron chi connectivity index (χ2n) is 2.89. The number of hydrogen-bond acceptors (Lipinski definition) is 6. The van der Waals surface area contributed by atoms with E-state index < -0.39 is 17.9 Å². The fraction of sp³-hybridized carbons (Fsp3) is 0.571. The van der Waals surface area contributed by atoms with E-state index in [0.29, 0.717) is 0 Å². The Hall–Kier alpha value is -1.25. The summed E-state index contributed by atoms with van der Waals surface area (Å²) in [5.74, 6) is 4.09. The zero-order chi connectivity index (χ0) is 11.6. The Morgan fingerprint density at radius 3 is 2.87 bits per heavy atom. The molecule has 0 aromatic carbocycles. The molecule has 1 amide bonds. The van der Waals surface area contributed by atoms with Crippen molar-refractivity contribution in [3.05, 3.63) is 0 Å². The number of hydrogen-bond donors (Lipinski definition) is 2. The van der Waals surface area contributed by atoms with E-state index in [4.69, 9.17) is 22.8 Å². The molecule has 7 nitrogen and oxygen atoms in total. The van der Waals surface area contributed by atoms with Crippen molar-refractivity contribution in [1.29, 1.82) is 0 Å². The number of thiocarbonyl (C=S) groups is 1. The Balaban J connectivity index is 2.83. The maximum Gasteiger partial charge on any atom is 0.335 e. The van der Waals surface area contributed by atoms with Gasteiger partial charge in [0.15, 0.2) is 0 Å². The number of rotatable bonds is 2. The van der Waals surface area contributed by atoms with Gasteiger partial charge in [0.05, 0.1) is 6.61 Å². The monoisotopic (exact) mass is 232 g/mol. The van der Waals surface area contributed by atoms with Gasteiger partial charge in [0.1, 0.15) is 0 Å². The van der Waals surface area contributed by atoms with Gasteiger partial charge in [-0.3, -0.25) is 10.2 Å². The van der Waals surface area contributed by atoms with Crippen molar-refractivity contribution in [3.63, 3.8) is 0 Å². The van der Waals surface area contributed by atoms with Gasteiger partial charge in [0, 0.05) is 7.05 Å². The van der Waals surface area contributed by atoms with Crippen LogP contribution in [-0.2, 0) is 14.3 Å². The topological polar surface area (TPSA) is 87.9 Å². The minimum atomic E-state index is -1.10. The van der Waals surface area contributed by atoms with Gasteiger partial charge < -0.3 is 4.74 Å². The highest BCUT2D eigenvalue weighted by Gasteiger charge is 2.40. The highest BCUT2D eigenvalue weighted by molar-refractivity contribution is 7.80. The normalized spacial score (nSPS) is 22.6. The van der Waals surface area contributed by atoms with Crippen molar-refractivity contribution >= 4 is 29.2 Å². The number of carbonyl (C=O) groups is 2. The highest BCUT2D eigenvalue weighted by atomic mass is 32.1. The molecular formula is C7H12N4O3S. The van der Waals surface area contributed by atoms with Gasteiger partial charge in [0.2, 0.25) is 11.2 Å². The molecule has 3 N–H and O–H groups in total. The van der Waals surface area contributed by atoms with Gasteiger partial charge in [0.25, 0.3) is 5.91 Å². The molecule has 0 aromatic heterocycles. The van der Waals surface area contributed by atoms with Crippen LogP contribution in [0.3, 0.4) is 0 Å². The third kappa shape index (κ3) is 2.22. The van der Waals surface area contributed by atoms with Crippen LogP contribution in [0, 0.1) is 0 Å². The zero-order valence-corrected chi connectivity index (χ0v) is 9.21. The van der Waals surface area contributed by atoms with Crippen molar-refractivity contribution < 1.29 is 14.3 Å². The second-order valence-corrected chi connectivity index (χ2v) is 3.28. The molecule has 1 fully saturated rings. The number of nitrogens with two attached hydrogens (primary N) is 1. The van der Waals surface area contributed by atoms with Crippen LogP contribution in [0.4, 0.5) is 0 Å². The van der Waals surface area contributed by atoms with E-state index in [1.807, 2.05) is 0 Å². The van der Waals surface area contributed by atoms with Gasteiger partial charge in [-0.25, -0.2) is 20.7 Å². The van der Waals surface area contributed by atoms with E-state index in [0.717, 1.165) is 5.01 Å². The molecular weight excluding hydrogens is 220 g/mol. The van der Waals surface area contributed by atoms with Crippen molar-refractivity contribution in [2.75, 3.05) is 13.7 Å². The van der Waals surface area contributed by atoms with Crippen molar-refractivity contribution in [3.8, 4) is 0 Å². The summed E-state index contributed by atoms with van der Waals surface area (Å²) in [5.41, 5.74) is 2.59. The summed E-state index contributed by atoms with van der Waals surface area (Å²) in [6.45, 7) is 1.86. The first-order valence-electron chi connectivity index (χ1n) is 4.27. The summed E-state index contributed by atoms with van der Waals surface area (Å²) < 4.78 is 4.74. The predicted molar refractivity (Wildman–Crippen MR) is 55.0 cm³/mol. The second kappa shape index (κ2) is 4.51. The standard InChI is InChI=1S/C7H12N4O3S/c1-3-14-6(13)4-5(12)11(8)7(15)9-10(4)2/h4H,3,8H2,1-2H3,(H,9,15). The Morgan fingerprint density at radius 2 is 2.33 bits per heavy atom. The lowest BCUT2D eigenvalue weighted by atomic mass is 10.2. The average molecular weight is 232 g/mol. The molecule has 1 atom stereocenters. The minimum absolute atomic E-state index is 0.0445. The van der Waals surface area contributed by atoms with Crippen molar-refractivity contribution in [1.82, 2.24) is 15.4 Å². The zero-order valence-electron chi connectivity index (χ0n) is 8.39. The third-order valence-electron chi connectivity index (χ3n) is 1.86. The molecule has 1 heterocycles. The summed E-state index contributed by atoms with van der Waals surface area (Å²) in [6, 6.07) is -1.10. The molecule has 0 aliphatic carbocycles. The number of hydrazine groups is 2. The van der Waals surface area contributed by atoms with Gasteiger partial charge in [-0.1, -0.05) is 0 Å². The van der Waals surface area contributed by atoms with Gasteiger partial charge in [-0.15, -0.1) is 0 Å². The maximum absolute atomic E-state index is 11.6. The number of amides is 1. The van der Waals surface area contributed by atoms with Crippen LogP contribution in [0.15, 0.2) is 0 Å². The van der Waals surface area contributed by atoms with E-state index in [2.05, 4.69) is 5.43 Å². The number of esters is 1. The summed E-state index contributed by atoms with van der Waals surface area (Å²) in [5, 5.41) is 2.03. The van der Waals surface area contributed by atoms with Crippen LogP contribution in [-0.4, -0.2) is 46.7 Å². The fourth-order valence-corrected chi connectivity index (χ4v) is 1.38. The van der Waals surface area contributed by atoms with Crippen LogP contribution in [0.25, 0.3) is 0 Å². The van der Waals surface area contributed by atoms with Crippen LogP contribution in [0.1, 0.15) is 6.92 Å². The summed E-state index contributed by atoms with van der Waals surface area (Å²) in [4.78, 5) is 23.0. The lowest BCUT2D eigenvalue weighted by Crippen LogP contribution is -2.68. The van der Waals surface area contributed by atoms with E-state index in [-0.39, 0.29) is 11.7 Å².